The van der Waals surface area contributed by atoms with Crippen molar-refractivity contribution in [2.24, 2.45) is 12.8 Å². The van der Waals surface area contributed by atoms with Crippen molar-refractivity contribution in [3.8, 4) is 11.3 Å². The standard InChI is InChI=1S/C24H22FN5O2/c1-15-22-19(14-20(16-6-4-3-5-7-16)27-23(22)29(2)28-15)24(32)30(13-12-21(26)31)18-10-8-17(25)9-11-18/h3-11,14H,12-13H2,1-2H3,(H2,26,31). The maximum atomic E-state index is 13.8. The normalized spacial score (nSPS) is 11.0. The van der Waals surface area contributed by atoms with Gasteiger partial charge in [-0.25, -0.2) is 9.37 Å². The SMILES string of the molecule is Cc1nn(C)c2nc(-c3ccccc3)cc(C(=O)N(CCC(N)=O)c3ccc(F)cc3)c12. The van der Waals surface area contributed by atoms with Crippen LogP contribution in [0, 0.1) is 12.7 Å². The molecule has 0 unspecified atom stereocenters. The number of benzene rings is 2. The third-order valence-electron chi connectivity index (χ3n) is 5.23. The van der Waals surface area contributed by atoms with Gasteiger partial charge in [0.2, 0.25) is 5.91 Å². The minimum Gasteiger partial charge on any atom is -0.370 e. The molecule has 2 N–H and O–H groups in total. The Morgan fingerprint density at radius 2 is 1.78 bits per heavy atom. The Bertz CT molecular complexity index is 1300. The van der Waals surface area contributed by atoms with Crippen LogP contribution in [0.5, 0.6) is 0 Å². The molecule has 0 aliphatic heterocycles. The highest BCUT2D eigenvalue weighted by Gasteiger charge is 2.25. The van der Waals surface area contributed by atoms with Gasteiger partial charge in [0.15, 0.2) is 5.65 Å². The number of hydrogen-bond acceptors (Lipinski definition) is 4. The monoisotopic (exact) mass is 431 g/mol. The van der Waals surface area contributed by atoms with Crippen LogP contribution in [0.2, 0.25) is 0 Å². The van der Waals surface area contributed by atoms with E-state index < -0.39 is 11.7 Å². The zero-order valence-corrected chi connectivity index (χ0v) is 17.7. The summed E-state index contributed by atoms with van der Waals surface area (Å²) in [6.45, 7) is 1.87. The first-order valence-electron chi connectivity index (χ1n) is 10.1. The molecule has 2 aromatic carbocycles. The molecule has 0 atom stereocenters. The lowest BCUT2D eigenvalue weighted by Crippen LogP contribution is -2.34. The molecule has 7 nitrogen and oxygen atoms in total. The Labute approximate surface area is 184 Å². The van der Waals surface area contributed by atoms with Crippen molar-refractivity contribution in [1.82, 2.24) is 14.8 Å². The molecule has 0 bridgehead atoms. The van der Waals surface area contributed by atoms with Gasteiger partial charge >= 0.3 is 0 Å². The van der Waals surface area contributed by atoms with E-state index in [2.05, 4.69) is 5.10 Å². The number of anilines is 1. The van der Waals surface area contributed by atoms with Crippen LogP contribution in [0.3, 0.4) is 0 Å². The number of hydrogen-bond donors (Lipinski definition) is 1. The van der Waals surface area contributed by atoms with Crippen LogP contribution in [0.15, 0.2) is 60.7 Å². The van der Waals surface area contributed by atoms with E-state index in [4.69, 9.17) is 10.7 Å². The summed E-state index contributed by atoms with van der Waals surface area (Å²) in [5.74, 6) is -1.30. The molecule has 0 saturated carbocycles. The molecule has 0 aliphatic carbocycles. The molecule has 2 aromatic heterocycles. The lowest BCUT2D eigenvalue weighted by molar-refractivity contribution is -0.117. The molecule has 2 heterocycles. The smallest absolute Gasteiger partial charge is 0.259 e. The van der Waals surface area contributed by atoms with Crippen molar-refractivity contribution >= 4 is 28.5 Å². The predicted molar refractivity (Wildman–Crippen MR) is 121 cm³/mol. The molecule has 0 saturated heterocycles. The third-order valence-corrected chi connectivity index (χ3v) is 5.23. The Kier molecular flexibility index (Phi) is 5.68. The lowest BCUT2D eigenvalue weighted by Gasteiger charge is -2.23. The average Bonchev–Trinajstić information content (AvgIpc) is 3.08. The van der Waals surface area contributed by atoms with Gasteiger partial charge in [-0.1, -0.05) is 30.3 Å². The molecule has 2 amide bonds. The van der Waals surface area contributed by atoms with Gasteiger partial charge < -0.3 is 10.6 Å². The first-order chi connectivity index (χ1) is 15.3. The largest absolute Gasteiger partial charge is 0.370 e. The van der Waals surface area contributed by atoms with Crippen LogP contribution in [0.4, 0.5) is 10.1 Å². The summed E-state index contributed by atoms with van der Waals surface area (Å²) in [4.78, 5) is 31.4. The van der Waals surface area contributed by atoms with Gasteiger partial charge in [-0.05, 0) is 37.3 Å². The Hall–Kier alpha value is -4.07. The van der Waals surface area contributed by atoms with Gasteiger partial charge in [-0.3, -0.25) is 14.3 Å². The number of pyridine rings is 1. The second-order valence-electron chi connectivity index (χ2n) is 7.48. The Balaban J connectivity index is 1.89. The molecule has 4 rings (SSSR count). The molecule has 32 heavy (non-hydrogen) atoms. The molecule has 0 aliphatic rings. The van der Waals surface area contributed by atoms with E-state index in [-0.39, 0.29) is 18.9 Å². The number of primary amides is 1. The summed E-state index contributed by atoms with van der Waals surface area (Å²) in [7, 11) is 1.77. The van der Waals surface area contributed by atoms with Crippen LogP contribution in [0.1, 0.15) is 22.5 Å². The predicted octanol–water partition coefficient (Wildman–Crippen LogP) is 3.61. The van der Waals surface area contributed by atoms with E-state index in [1.165, 1.54) is 29.2 Å². The number of aromatic nitrogens is 3. The maximum absolute atomic E-state index is 13.8. The second kappa shape index (κ2) is 8.58. The zero-order valence-electron chi connectivity index (χ0n) is 17.7. The number of amides is 2. The molecule has 162 valence electrons. The number of carbonyl (C=O) groups excluding carboxylic acids is 2. The van der Waals surface area contributed by atoms with Gasteiger partial charge in [0.25, 0.3) is 5.91 Å². The summed E-state index contributed by atoms with van der Waals surface area (Å²) in [5, 5.41) is 5.07. The van der Waals surface area contributed by atoms with Crippen LogP contribution in [-0.2, 0) is 11.8 Å². The second-order valence-corrected chi connectivity index (χ2v) is 7.48. The fourth-order valence-electron chi connectivity index (χ4n) is 3.71. The molecular formula is C24H22FN5O2. The van der Waals surface area contributed by atoms with Gasteiger partial charge in [-0.15, -0.1) is 0 Å². The van der Waals surface area contributed by atoms with Crippen LogP contribution < -0.4 is 10.6 Å². The highest BCUT2D eigenvalue weighted by atomic mass is 19.1. The summed E-state index contributed by atoms with van der Waals surface area (Å²) in [6, 6.07) is 16.8. The zero-order chi connectivity index (χ0) is 22.8. The molecule has 0 spiro atoms. The van der Waals surface area contributed by atoms with Gasteiger partial charge in [-0.2, -0.15) is 5.10 Å². The molecular weight excluding hydrogens is 409 g/mol. The molecule has 8 heteroatoms. The lowest BCUT2D eigenvalue weighted by atomic mass is 10.0. The van der Waals surface area contributed by atoms with E-state index in [0.717, 1.165) is 5.56 Å². The van der Waals surface area contributed by atoms with Crippen molar-refractivity contribution < 1.29 is 14.0 Å². The van der Waals surface area contributed by atoms with E-state index in [0.29, 0.717) is 33.7 Å². The van der Waals surface area contributed by atoms with Crippen molar-refractivity contribution in [1.29, 1.82) is 0 Å². The summed E-state index contributed by atoms with van der Waals surface area (Å²) >= 11 is 0. The van der Waals surface area contributed by atoms with Gasteiger partial charge in [0, 0.05) is 31.3 Å². The number of carbonyl (C=O) groups is 2. The van der Waals surface area contributed by atoms with E-state index in [1.807, 2.05) is 37.3 Å². The number of aryl methyl sites for hydroxylation is 2. The molecule has 0 radical (unpaired) electrons. The first-order valence-corrected chi connectivity index (χ1v) is 10.1. The van der Waals surface area contributed by atoms with Crippen LogP contribution in [0.25, 0.3) is 22.3 Å². The van der Waals surface area contributed by atoms with E-state index >= 15 is 0 Å². The van der Waals surface area contributed by atoms with Crippen LogP contribution >= 0.6 is 0 Å². The molecule has 0 fully saturated rings. The van der Waals surface area contributed by atoms with Gasteiger partial charge in [0.05, 0.1) is 22.3 Å². The summed E-state index contributed by atoms with van der Waals surface area (Å²) in [6.07, 6.45) is -0.0328. The molecule has 4 aromatic rings. The Morgan fingerprint density at radius 1 is 1.09 bits per heavy atom. The van der Waals surface area contributed by atoms with Gasteiger partial charge in [0.1, 0.15) is 5.82 Å². The van der Waals surface area contributed by atoms with E-state index in [1.54, 1.807) is 17.8 Å². The minimum atomic E-state index is -0.535. The maximum Gasteiger partial charge on any atom is 0.259 e. The quantitative estimate of drug-likeness (QED) is 0.505. The fourth-order valence-corrected chi connectivity index (χ4v) is 3.71. The van der Waals surface area contributed by atoms with Crippen molar-refractivity contribution in [3.05, 3.63) is 77.7 Å². The average molecular weight is 431 g/mol. The van der Waals surface area contributed by atoms with E-state index in [9.17, 15) is 14.0 Å². The number of halogens is 1. The number of nitrogens with two attached hydrogens (primary N) is 1. The highest BCUT2D eigenvalue weighted by molar-refractivity contribution is 6.14. The number of nitrogens with zero attached hydrogens (tertiary/aromatic N) is 4. The highest BCUT2D eigenvalue weighted by Crippen LogP contribution is 2.29. The summed E-state index contributed by atoms with van der Waals surface area (Å²) < 4.78 is 15.1. The van der Waals surface area contributed by atoms with Crippen LogP contribution in [-0.4, -0.2) is 33.1 Å². The number of rotatable bonds is 6. The third kappa shape index (κ3) is 4.07. The first kappa shape index (κ1) is 21.2. The van der Waals surface area contributed by atoms with Crippen molar-refractivity contribution in [3.63, 3.8) is 0 Å². The number of fused-ring (bicyclic) bond motifs is 1. The fraction of sp³-hybridized carbons (Fsp3) is 0.167. The van der Waals surface area contributed by atoms with Crippen molar-refractivity contribution in [2.75, 3.05) is 11.4 Å². The Morgan fingerprint density at radius 3 is 2.44 bits per heavy atom. The summed E-state index contributed by atoms with van der Waals surface area (Å²) in [5.41, 5.74) is 8.91. The minimum absolute atomic E-state index is 0.0328. The topological polar surface area (TPSA) is 94.1 Å². The van der Waals surface area contributed by atoms with Crippen molar-refractivity contribution in [2.45, 2.75) is 13.3 Å².